The number of rotatable bonds is 1. The van der Waals surface area contributed by atoms with Crippen molar-refractivity contribution in [1.29, 1.82) is 0 Å². The van der Waals surface area contributed by atoms with Crippen LogP contribution in [0.25, 0.3) is 0 Å². The quantitative estimate of drug-likeness (QED) is 0.866. The Kier molecular flexibility index (Phi) is 3.98. The number of amides is 2. The van der Waals surface area contributed by atoms with Crippen LogP contribution in [-0.4, -0.2) is 24.4 Å². The van der Waals surface area contributed by atoms with Gasteiger partial charge in [-0.05, 0) is 17.5 Å². The number of hydrogen-bond acceptors (Lipinski definition) is 2. The van der Waals surface area contributed by atoms with Crippen molar-refractivity contribution in [2.24, 2.45) is 5.41 Å². The maximum atomic E-state index is 12.6. The van der Waals surface area contributed by atoms with Gasteiger partial charge >= 0.3 is 0 Å². The molecule has 0 bridgehead atoms. The highest BCUT2D eigenvalue weighted by molar-refractivity contribution is 6.44. The van der Waals surface area contributed by atoms with Gasteiger partial charge in [-0.1, -0.05) is 50.0 Å². The van der Waals surface area contributed by atoms with E-state index in [0.29, 0.717) is 10.7 Å². The molecule has 0 saturated carbocycles. The van der Waals surface area contributed by atoms with Crippen molar-refractivity contribution < 1.29 is 9.59 Å². The predicted octanol–water partition coefficient (Wildman–Crippen LogP) is 2.87. The molecule has 6 heteroatoms. The Hall–Kier alpha value is -1.26. The van der Waals surface area contributed by atoms with Crippen LogP contribution in [0, 0.1) is 5.41 Å². The van der Waals surface area contributed by atoms with Crippen LogP contribution in [0.5, 0.6) is 0 Å². The first-order valence-corrected chi connectivity index (χ1v) is 7.02. The molecule has 1 heterocycles. The van der Waals surface area contributed by atoms with E-state index in [1.54, 1.807) is 18.2 Å². The van der Waals surface area contributed by atoms with Crippen LogP contribution in [0.1, 0.15) is 20.8 Å². The van der Waals surface area contributed by atoms with Gasteiger partial charge in [-0.2, -0.15) is 0 Å². The summed E-state index contributed by atoms with van der Waals surface area (Å²) in [6, 6.07) is 4.45. The third-order valence-corrected chi connectivity index (χ3v) is 4.02. The summed E-state index contributed by atoms with van der Waals surface area (Å²) in [4.78, 5) is 25.8. The highest BCUT2D eigenvalue weighted by Gasteiger charge is 2.41. The summed E-state index contributed by atoms with van der Waals surface area (Å²) in [6.07, 6.45) is 0. The van der Waals surface area contributed by atoms with Gasteiger partial charge < -0.3 is 5.32 Å². The van der Waals surface area contributed by atoms with Crippen molar-refractivity contribution in [3.63, 3.8) is 0 Å². The molecular formula is C14H16Cl2N2O2. The highest BCUT2D eigenvalue weighted by atomic mass is 35.5. The van der Waals surface area contributed by atoms with E-state index >= 15 is 0 Å². The van der Waals surface area contributed by atoms with Crippen LogP contribution in [0.2, 0.25) is 10.0 Å². The molecule has 1 aliphatic heterocycles. The molecule has 0 spiro atoms. The monoisotopic (exact) mass is 314 g/mol. The summed E-state index contributed by atoms with van der Waals surface area (Å²) in [7, 11) is 0. The average Bonchev–Trinajstić information content (AvgIpc) is 2.34. The van der Waals surface area contributed by atoms with Gasteiger partial charge in [-0.3, -0.25) is 14.5 Å². The Morgan fingerprint density at radius 2 is 1.90 bits per heavy atom. The largest absolute Gasteiger partial charge is 0.342 e. The van der Waals surface area contributed by atoms with Crippen molar-refractivity contribution in [2.45, 2.75) is 26.8 Å². The summed E-state index contributed by atoms with van der Waals surface area (Å²) in [5.74, 6) is -0.387. The van der Waals surface area contributed by atoms with E-state index in [0.717, 1.165) is 0 Å². The molecule has 0 radical (unpaired) electrons. The van der Waals surface area contributed by atoms with E-state index in [1.807, 2.05) is 20.8 Å². The summed E-state index contributed by atoms with van der Waals surface area (Å²) in [6.45, 7) is 5.66. The van der Waals surface area contributed by atoms with Gasteiger partial charge in [-0.15, -0.1) is 0 Å². The zero-order valence-electron chi connectivity index (χ0n) is 11.5. The smallest absolute Gasteiger partial charge is 0.250 e. The first-order chi connectivity index (χ1) is 9.21. The standard InChI is InChI=1S/C14H16Cl2N2O2/c1-14(2,3)12-13(20)18(7-10(19)17-12)9-6-4-5-8(15)11(9)16/h4-6,12H,7H2,1-3H3,(H,17,19). The molecule has 1 aromatic carbocycles. The molecule has 1 aliphatic rings. The van der Waals surface area contributed by atoms with Crippen LogP contribution in [0.3, 0.4) is 0 Å². The van der Waals surface area contributed by atoms with E-state index in [2.05, 4.69) is 5.32 Å². The Labute approximate surface area is 128 Å². The summed E-state index contributed by atoms with van der Waals surface area (Å²) in [5.41, 5.74) is 0.0875. The third-order valence-electron chi connectivity index (χ3n) is 3.21. The zero-order chi connectivity index (χ0) is 15.1. The number of hydrogen-bond donors (Lipinski definition) is 1. The van der Waals surface area contributed by atoms with Gasteiger partial charge in [0.15, 0.2) is 0 Å². The number of nitrogens with zero attached hydrogens (tertiary/aromatic N) is 1. The van der Waals surface area contributed by atoms with Gasteiger partial charge in [0.05, 0.1) is 15.7 Å². The van der Waals surface area contributed by atoms with Crippen LogP contribution in [0.4, 0.5) is 5.69 Å². The number of halogens is 2. The van der Waals surface area contributed by atoms with Crippen LogP contribution < -0.4 is 10.2 Å². The summed E-state index contributed by atoms with van der Waals surface area (Å²) >= 11 is 12.1. The predicted molar refractivity (Wildman–Crippen MR) is 80.2 cm³/mol. The van der Waals surface area contributed by atoms with Gasteiger partial charge in [0.25, 0.3) is 5.91 Å². The molecule has 1 atom stereocenters. The van der Waals surface area contributed by atoms with Crippen molar-refractivity contribution in [1.82, 2.24) is 5.32 Å². The third kappa shape index (κ3) is 2.76. The molecular weight excluding hydrogens is 299 g/mol. The van der Waals surface area contributed by atoms with Crippen LogP contribution in [-0.2, 0) is 9.59 Å². The lowest BCUT2D eigenvalue weighted by Gasteiger charge is -2.39. The number of carbonyl (C=O) groups excluding carboxylic acids is 2. The lowest BCUT2D eigenvalue weighted by molar-refractivity contribution is -0.133. The second-order valence-electron chi connectivity index (χ2n) is 5.86. The second-order valence-corrected chi connectivity index (χ2v) is 6.65. The first-order valence-electron chi connectivity index (χ1n) is 6.26. The van der Waals surface area contributed by atoms with Gasteiger partial charge in [0.1, 0.15) is 12.6 Å². The molecule has 1 fully saturated rings. The van der Waals surface area contributed by atoms with Crippen molar-refractivity contribution in [2.75, 3.05) is 11.4 Å². The topological polar surface area (TPSA) is 49.4 Å². The van der Waals surface area contributed by atoms with Gasteiger partial charge in [0.2, 0.25) is 5.91 Å². The van der Waals surface area contributed by atoms with E-state index in [-0.39, 0.29) is 28.8 Å². The summed E-state index contributed by atoms with van der Waals surface area (Å²) < 4.78 is 0. The van der Waals surface area contributed by atoms with E-state index in [1.165, 1.54) is 4.90 Å². The fourth-order valence-corrected chi connectivity index (χ4v) is 2.53. The van der Waals surface area contributed by atoms with Crippen LogP contribution in [0.15, 0.2) is 18.2 Å². The molecule has 1 unspecified atom stereocenters. The molecule has 20 heavy (non-hydrogen) atoms. The molecule has 0 aromatic heterocycles. The maximum absolute atomic E-state index is 12.6. The number of piperazine rings is 1. The fourth-order valence-electron chi connectivity index (χ4n) is 2.14. The molecule has 1 saturated heterocycles. The first kappa shape index (κ1) is 15.1. The maximum Gasteiger partial charge on any atom is 0.250 e. The van der Waals surface area contributed by atoms with E-state index in [4.69, 9.17) is 23.2 Å². The van der Waals surface area contributed by atoms with Gasteiger partial charge in [-0.25, -0.2) is 0 Å². The normalized spacial score (nSPS) is 20.1. The van der Waals surface area contributed by atoms with Crippen molar-refractivity contribution >= 4 is 40.7 Å². The number of nitrogens with one attached hydrogen (secondary N) is 1. The minimum atomic E-state index is -0.584. The fraction of sp³-hybridized carbons (Fsp3) is 0.429. The second kappa shape index (κ2) is 5.26. The minimum absolute atomic E-state index is 0.0501. The SMILES string of the molecule is CC(C)(C)C1NC(=O)CN(c2cccc(Cl)c2Cl)C1=O. The summed E-state index contributed by atoms with van der Waals surface area (Å²) in [5, 5.41) is 3.37. The zero-order valence-corrected chi connectivity index (χ0v) is 13.0. The Bertz CT molecular complexity index is 567. The molecule has 2 amide bonds. The van der Waals surface area contributed by atoms with Crippen molar-refractivity contribution in [3.05, 3.63) is 28.2 Å². The average molecular weight is 315 g/mol. The Balaban J connectivity index is 2.43. The van der Waals surface area contributed by atoms with E-state index in [9.17, 15) is 9.59 Å². The number of anilines is 1. The molecule has 108 valence electrons. The number of carbonyl (C=O) groups is 2. The van der Waals surface area contributed by atoms with Crippen molar-refractivity contribution in [3.8, 4) is 0 Å². The molecule has 1 aromatic rings. The Morgan fingerprint density at radius 3 is 2.50 bits per heavy atom. The molecule has 4 nitrogen and oxygen atoms in total. The lowest BCUT2D eigenvalue weighted by Crippen LogP contribution is -2.62. The molecule has 2 rings (SSSR count). The number of benzene rings is 1. The Morgan fingerprint density at radius 1 is 1.25 bits per heavy atom. The molecule has 0 aliphatic carbocycles. The molecule has 1 N–H and O–H groups in total. The van der Waals surface area contributed by atoms with Crippen LogP contribution >= 0.6 is 23.2 Å². The lowest BCUT2D eigenvalue weighted by atomic mass is 9.84. The van der Waals surface area contributed by atoms with E-state index < -0.39 is 6.04 Å². The minimum Gasteiger partial charge on any atom is -0.342 e. The highest BCUT2D eigenvalue weighted by Crippen LogP contribution is 2.34. The van der Waals surface area contributed by atoms with Gasteiger partial charge in [0, 0.05) is 0 Å².